The smallest absolute Gasteiger partial charge is 0.324 e. The number of carbonyl (C=O) groups excluding carboxylic acids is 1. The Bertz CT molecular complexity index is 967. The van der Waals surface area contributed by atoms with Crippen LogP contribution in [-0.4, -0.2) is 35.2 Å². The van der Waals surface area contributed by atoms with Crippen LogP contribution in [0.1, 0.15) is 9.67 Å². The summed E-state index contributed by atoms with van der Waals surface area (Å²) >= 11 is 0.745. The van der Waals surface area contributed by atoms with Crippen LogP contribution in [0.3, 0.4) is 0 Å². The molecule has 3 rings (SSSR count). The lowest BCUT2D eigenvalue weighted by Crippen LogP contribution is -2.10. The normalized spacial score (nSPS) is 10.4. The lowest BCUT2D eigenvalue weighted by molar-refractivity contribution is -0.380. The van der Waals surface area contributed by atoms with E-state index in [-0.39, 0.29) is 21.8 Å². The van der Waals surface area contributed by atoms with Crippen molar-refractivity contribution in [1.29, 1.82) is 0 Å². The number of aromatic nitrogens is 2. The summed E-state index contributed by atoms with van der Waals surface area (Å²) in [6.45, 7) is 0. The number of nitro groups is 1. The van der Waals surface area contributed by atoms with Crippen molar-refractivity contribution in [2.24, 2.45) is 0 Å². The van der Waals surface area contributed by atoms with E-state index in [4.69, 9.17) is 13.9 Å². The van der Waals surface area contributed by atoms with Crippen LogP contribution in [0.5, 0.6) is 11.5 Å². The van der Waals surface area contributed by atoms with E-state index in [1.54, 1.807) is 18.2 Å². The largest absolute Gasteiger partial charge is 0.497 e. The summed E-state index contributed by atoms with van der Waals surface area (Å²) in [5, 5.41) is 20.6. The Morgan fingerprint density at radius 3 is 2.69 bits per heavy atom. The Balaban J connectivity index is 1.81. The van der Waals surface area contributed by atoms with Crippen molar-refractivity contribution >= 4 is 28.3 Å². The minimum Gasteiger partial charge on any atom is -0.497 e. The molecule has 0 atom stereocenters. The first kappa shape index (κ1) is 17.4. The van der Waals surface area contributed by atoms with Gasteiger partial charge in [-0.2, -0.15) is 0 Å². The molecule has 0 saturated carbocycles. The molecule has 0 aliphatic heterocycles. The van der Waals surface area contributed by atoms with Crippen LogP contribution in [0.4, 0.5) is 11.0 Å². The fourth-order valence-corrected chi connectivity index (χ4v) is 2.79. The van der Waals surface area contributed by atoms with Crippen molar-refractivity contribution in [3.8, 4) is 23.0 Å². The highest BCUT2D eigenvalue weighted by Gasteiger charge is 2.19. The van der Waals surface area contributed by atoms with Gasteiger partial charge in [0.2, 0.25) is 0 Å². The van der Waals surface area contributed by atoms with Crippen molar-refractivity contribution in [1.82, 2.24) is 10.2 Å². The number of anilines is 1. The molecular weight excluding hydrogens is 364 g/mol. The number of methoxy groups -OCH3 is 2. The zero-order chi connectivity index (χ0) is 18.7. The number of amides is 1. The van der Waals surface area contributed by atoms with Crippen LogP contribution < -0.4 is 14.8 Å². The van der Waals surface area contributed by atoms with Crippen molar-refractivity contribution in [3.05, 3.63) is 45.3 Å². The zero-order valence-electron chi connectivity index (χ0n) is 13.6. The molecule has 2 aromatic heterocycles. The van der Waals surface area contributed by atoms with Crippen LogP contribution >= 0.6 is 11.3 Å². The predicted octanol–water partition coefficient (Wildman–Crippen LogP) is 2.98. The van der Waals surface area contributed by atoms with Crippen LogP contribution in [0.2, 0.25) is 0 Å². The molecule has 1 amide bonds. The molecular formula is C15H12N4O6S. The standard InChI is InChI=1S/C15H12N4O6S/c1-23-8-3-4-10(24-2)9(7-8)14-17-18-15(25-14)16-13(20)11-5-6-12(26-11)19(21)22/h3-7H,1-2H3,(H,16,18,20). The zero-order valence-corrected chi connectivity index (χ0v) is 14.4. The maximum atomic E-state index is 12.1. The number of nitrogens with one attached hydrogen (secondary N) is 1. The van der Waals surface area contributed by atoms with Crippen molar-refractivity contribution in [2.75, 3.05) is 19.5 Å². The van der Waals surface area contributed by atoms with Gasteiger partial charge < -0.3 is 13.9 Å². The van der Waals surface area contributed by atoms with Gasteiger partial charge in [-0.3, -0.25) is 20.2 Å². The molecule has 3 aromatic rings. The van der Waals surface area contributed by atoms with Gasteiger partial charge in [0.05, 0.1) is 29.6 Å². The topological polar surface area (TPSA) is 130 Å². The molecule has 0 fully saturated rings. The summed E-state index contributed by atoms with van der Waals surface area (Å²) < 4.78 is 15.8. The first-order valence-corrected chi connectivity index (χ1v) is 7.95. The van der Waals surface area contributed by atoms with Crippen LogP contribution in [0, 0.1) is 10.1 Å². The summed E-state index contributed by atoms with van der Waals surface area (Å²) in [6.07, 6.45) is 0. The molecule has 11 heteroatoms. The maximum absolute atomic E-state index is 12.1. The summed E-state index contributed by atoms with van der Waals surface area (Å²) in [7, 11) is 3.01. The lowest BCUT2D eigenvalue weighted by Gasteiger charge is -2.07. The second-order valence-corrected chi connectivity index (χ2v) is 5.89. The summed E-state index contributed by atoms with van der Waals surface area (Å²) in [6, 6.07) is 7.50. The van der Waals surface area contributed by atoms with E-state index in [9.17, 15) is 14.9 Å². The van der Waals surface area contributed by atoms with E-state index >= 15 is 0 Å². The van der Waals surface area contributed by atoms with E-state index < -0.39 is 10.8 Å². The number of thiophene rings is 1. The summed E-state index contributed by atoms with van der Waals surface area (Å²) in [5.74, 6) is 0.584. The molecule has 1 aromatic carbocycles. The van der Waals surface area contributed by atoms with Gasteiger partial charge >= 0.3 is 11.0 Å². The van der Waals surface area contributed by atoms with E-state index in [2.05, 4.69) is 15.5 Å². The molecule has 10 nitrogen and oxygen atoms in total. The van der Waals surface area contributed by atoms with E-state index in [0.717, 1.165) is 11.3 Å². The molecule has 134 valence electrons. The van der Waals surface area contributed by atoms with E-state index in [1.165, 1.54) is 26.4 Å². The molecule has 0 radical (unpaired) electrons. The Morgan fingerprint density at radius 1 is 1.23 bits per heavy atom. The van der Waals surface area contributed by atoms with E-state index in [1.807, 2.05) is 0 Å². The second kappa shape index (κ2) is 7.19. The third-order valence-electron chi connectivity index (χ3n) is 3.28. The monoisotopic (exact) mass is 376 g/mol. The molecule has 0 bridgehead atoms. The molecule has 0 spiro atoms. The number of rotatable bonds is 6. The van der Waals surface area contributed by atoms with Crippen molar-refractivity contribution in [3.63, 3.8) is 0 Å². The maximum Gasteiger partial charge on any atom is 0.324 e. The Kier molecular flexibility index (Phi) is 4.80. The van der Waals surface area contributed by atoms with Crippen LogP contribution in [0.15, 0.2) is 34.7 Å². The molecule has 1 N–H and O–H groups in total. The van der Waals surface area contributed by atoms with Crippen LogP contribution in [0.25, 0.3) is 11.5 Å². The number of ether oxygens (including phenoxy) is 2. The molecule has 0 saturated heterocycles. The summed E-state index contributed by atoms with van der Waals surface area (Å²) in [4.78, 5) is 22.4. The number of benzene rings is 1. The predicted molar refractivity (Wildman–Crippen MR) is 91.8 cm³/mol. The highest BCUT2D eigenvalue weighted by Crippen LogP contribution is 2.33. The van der Waals surface area contributed by atoms with Gasteiger partial charge in [0.1, 0.15) is 11.5 Å². The minimum atomic E-state index is -0.587. The number of nitrogens with zero attached hydrogens (tertiary/aromatic N) is 3. The SMILES string of the molecule is COc1ccc(OC)c(-c2nnc(NC(=O)c3ccc([N+](=O)[O-])s3)o2)c1. The molecule has 26 heavy (non-hydrogen) atoms. The van der Waals surface area contributed by atoms with Gasteiger partial charge in [-0.25, -0.2) is 0 Å². The van der Waals surface area contributed by atoms with Gasteiger partial charge in [-0.15, -0.1) is 5.10 Å². The third kappa shape index (κ3) is 3.47. The quantitative estimate of drug-likeness (QED) is 0.513. The molecule has 0 unspecified atom stereocenters. The first-order valence-electron chi connectivity index (χ1n) is 7.13. The fourth-order valence-electron chi connectivity index (χ4n) is 2.07. The fraction of sp³-hybridized carbons (Fsp3) is 0.133. The highest BCUT2D eigenvalue weighted by molar-refractivity contribution is 7.17. The number of carbonyl (C=O) groups is 1. The lowest BCUT2D eigenvalue weighted by atomic mass is 10.2. The van der Waals surface area contributed by atoms with Gasteiger partial charge in [0, 0.05) is 6.07 Å². The summed E-state index contributed by atoms with van der Waals surface area (Å²) in [5.41, 5.74) is 0.492. The number of hydrogen-bond donors (Lipinski definition) is 1. The van der Waals surface area contributed by atoms with E-state index in [0.29, 0.717) is 17.1 Å². The number of hydrogen-bond acceptors (Lipinski definition) is 9. The minimum absolute atomic E-state index is 0.119. The average molecular weight is 376 g/mol. The molecule has 0 aliphatic rings. The average Bonchev–Trinajstić information content (AvgIpc) is 3.30. The second-order valence-electron chi connectivity index (χ2n) is 4.83. The Hall–Kier alpha value is -3.47. The van der Waals surface area contributed by atoms with Crippen molar-refractivity contribution in [2.45, 2.75) is 0 Å². The first-order chi connectivity index (χ1) is 12.5. The van der Waals surface area contributed by atoms with Gasteiger partial charge in [0.15, 0.2) is 0 Å². The Labute approximate surface area is 150 Å². The third-order valence-corrected chi connectivity index (χ3v) is 4.31. The highest BCUT2D eigenvalue weighted by atomic mass is 32.1. The molecule has 0 aliphatic carbocycles. The van der Waals surface area contributed by atoms with Gasteiger partial charge in [0.25, 0.3) is 11.8 Å². The van der Waals surface area contributed by atoms with Crippen molar-refractivity contribution < 1.29 is 23.6 Å². The Morgan fingerprint density at radius 2 is 2.04 bits per heavy atom. The molecule has 2 heterocycles. The van der Waals surface area contributed by atoms with Gasteiger partial charge in [-0.05, 0) is 24.3 Å². The van der Waals surface area contributed by atoms with Gasteiger partial charge in [-0.1, -0.05) is 16.4 Å². The van der Waals surface area contributed by atoms with Crippen LogP contribution in [-0.2, 0) is 0 Å².